The highest BCUT2D eigenvalue weighted by Gasteiger charge is 2.24. The molecular formula is C15H19BrN2O3. The van der Waals surface area contributed by atoms with Crippen LogP contribution in [0.4, 0.5) is 4.79 Å². The minimum absolute atomic E-state index is 0.0425. The Morgan fingerprint density at radius 1 is 1.29 bits per heavy atom. The van der Waals surface area contributed by atoms with Crippen molar-refractivity contribution >= 4 is 27.9 Å². The van der Waals surface area contributed by atoms with Crippen LogP contribution in [-0.2, 0) is 4.79 Å². The molecule has 1 aliphatic heterocycles. The number of amides is 2. The first-order chi connectivity index (χ1) is 10.1. The van der Waals surface area contributed by atoms with Gasteiger partial charge in [-0.1, -0.05) is 34.1 Å². The second kappa shape index (κ2) is 7.45. The molecule has 0 unspecified atom stereocenters. The number of hydrogen-bond acceptors (Lipinski definition) is 2. The van der Waals surface area contributed by atoms with Crippen LogP contribution < -0.4 is 5.32 Å². The molecule has 1 aromatic carbocycles. The Labute approximate surface area is 132 Å². The van der Waals surface area contributed by atoms with Crippen molar-refractivity contribution in [3.8, 4) is 0 Å². The van der Waals surface area contributed by atoms with Gasteiger partial charge in [-0.05, 0) is 30.4 Å². The molecule has 0 bridgehead atoms. The molecule has 114 valence electrons. The van der Waals surface area contributed by atoms with Gasteiger partial charge in [-0.3, -0.25) is 4.79 Å². The summed E-state index contributed by atoms with van der Waals surface area (Å²) in [6, 6.07) is 8.03. The largest absolute Gasteiger partial charge is 0.481 e. The van der Waals surface area contributed by atoms with Crippen molar-refractivity contribution in [2.45, 2.75) is 25.2 Å². The predicted octanol–water partition coefficient (Wildman–Crippen LogP) is 2.81. The van der Waals surface area contributed by atoms with Gasteiger partial charge in [0.25, 0.3) is 0 Å². The van der Waals surface area contributed by atoms with Gasteiger partial charge in [0.1, 0.15) is 0 Å². The van der Waals surface area contributed by atoms with Crippen molar-refractivity contribution in [2.75, 3.05) is 19.6 Å². The van der Waals surface area contributed by atoms with Gasteiger partial charge < -0.3 is 15.3 Å². The van der Waals surface area contributed by atoms with E-state index >= 15 is 0 Å². The monoisotopic (exact) mass is 354 g/mol. The third-order valence-corrected chi connectivity index (χ3v) is 4.46. The molecule has 1 fully saturated rings. The number of halogens is 1. The molecule has 21 heavy (non-hydrogen) atoms. The number of carbonyl (C=O) groups excluding carboxylic acids is 1. The smallest absolute Gasteiger partial charge is 0.317 e. The topological polar surface area (TPSA) is 69.6 Å². The Bertz CT molecular complexity index is 513. The molecule has 5 nitrogen and oxygen atoms in total. The van der Waals surface area contributed by atoms with E-state index in [1.165, 1.54) is 5.56 Å². The van der Waals surface area contributed by atoms with Crippen molar-refractivity contribution in [2.24, 2.45) is 0 Å². The molecule has 0 radical (unpaired) electrons. The number of benzene rings is 1. The number of likely N-dealkylation sites (tertiary alicyclic amines) is 1. The zero-order valence-electron chi connectivity index (χ0n) is 11.7. The fourth-order valence-corrected chi connectivity index (χ4v) is 3.20. The van der Waals surface area contributed by atoms with Crippen LogP contribution in [0.2, 0.25) is 0 Å². The number of nitrogens with one attached hydrogen (secondary N) is 1. The quantitative estimate of drug-likeness (QED) is 0.873. The molecule has 1 aliphatic rings. The number of hydrogen-bond donors (Lipinski definition) is 2. The molecule has 0 aliphatic carbocycles. The number of nitrogens with zero attached hydrogens (tertiary/aromatic N) is 1. The van der Waals surface area contributed by atoms with E-state index in [9.17, 15) is 9.59 Å². The minimum Gasteiger partial charge on any atom is -0.481 e. The molecule has 0 aromatic heterocycles. The highest BCUT2D eigenvalue weighted by Crippen LogP contribution is 2.32. The van der Waals surface area contributed by atoms with E-state index in [0.29, 0.717) is 19.0 Å². The van der Waals surface area contributed by atoms with Crippen LogP contribution in [0, 0.1) is 0 Å². The summed E-state index contributed by atoms with van der Waals surface area (Å²) < 4.78 is 1.12. The molecule has 1 aromatic rings. The third-order valence-electron chi connectivity index (χ3n) is 3.74. The SMILES string of the molecule is O=C(O)CCNC(=O)N1CCC(c2ccccc2Br)CC1. The average Bonchev–Trinajstić information content (AvgIpc) is 2.47. The lowest BCUT2D eigenvalue weighted by Crippen LogP contribution is -2.44. The first-order valence-electron chi connectivity index (χ1n) is 7.07. The van der Waals surface area contributed by atoms with Crippen molar-refractivity contribution in [1.82, 2.24) is 10.2 Å². The molecule has 0 atom stereocenters. The summed E-state index contributed by atoms with van der Waals surface area (Å²) in [5.74, 6) is -0.438. The summed E-state index contributed by atoms with van der Waals surface area (Å²) in [6.45, 7) is 1.58. The predicted molar refractivity (Wildman–Crippen MR) is 83.3 cm³/mol. The van der Waals surface area contributed by atoms with Crippen LogP contribution in [0.25, 0.3) is 0 Å². The lowest BCUT2D eigenvalue weighted by Gasteiger charge is -2.32. The lowest BCUT2D eigenvalue weighted by atomic mass is 9.89. The summed E-state index contributed by atoms with van der Waals surface area (Å²) in [4.78, 5) is 24.1. The fourth-order valence-electron chi connectivity index (χ4n) is 2.59. The van der Waals surface area contributed by atoms with E-state index in [1.54, 1.807) is 4.90 Å². The minimum atomic E-state index is -0.900. The molecule has 2 amide bonds. The standard InChI is InChI=1S/C15H19BrN2O3/c16-13-4-2-1-3-12(13)11-6-9-18(10-7-11)15(21)17-8-5-14(19)20/h1-4,11H,5-10H2,(H,17,21)(H,19,20). The van der Waals surface area contributed by atoms with Gasteiger partial charge in [-0.2, -0.15) is 0 Å². The summed E-state index contributed by atoms with van der Waals surface area (Å²) in [7, 11) is 0. The van der Waals surface area contributed by atoms with Crippen LogP contribution >= 0.6 is 15.9 Å². The molecule has 0 saturated carbocycles. The number of urea groups is 1. The van der Waals surface area contributed by atoms with Crippen LogP contribution in [0.1, 0.15) is 30.7 Å². The van der Waals surface area contributed by atoms with Crippen molar-refractivity contribution in [3.05, 3.63) is 34.3 Å². The molecular weight excluding hydrogens is 336 g/mol. The Hall–Kier alpha value is -1.56. The van der Waals surface area contributed by atoms with Gasteiger partial charge in [0.2, 0.25) is 0 Å². The van der Waals surface area contributed by atoms with Crippen molar-refractivity contribution in [3.63, 3.8) is 0 Å². The Morgan fingerprint density at radius 2 is 1.95 bits per heavy atom. The molecule has 2 N–H and O–H groups in total. The zero-order chi connectivity index (χ0) is 15.2. The van der Waals surface area contributed by atoms with Gasteiger partial charge in [0.05, 0.1) is 6.42 Å². The highest BCUT2D eigenvalue weighted by molar-refractivity contribution is 9.10. The van der Waals surface area contributed by atoms with E-state index in [-0.39, 0.29) is 19.0 Å². The number of piperidine rings is 1. The van der Waals surface area contributed by atoms with Gasteiger partial charge in [-0.15, -0.1) is 0 Å². The Kier molecular flexibility index (Phi) is 5.61. The van der Waals surface area contributed by atoms with Crippen LogP contribution in [0.5, 0.6) is 0 Å². The van der Waals surface area contributed by atoms with E-state index in [0.717, 1.165) is 17.3 Å². The summed E-state index contributed by atoms with van der Waals surface area (Å²) in [5, 5.41) is 11.2. The maximum Gasteiger partial charge on any atom is 0.317 e. The second-order valence-corrected chi connectivity index (χ2v) is 6.01. The van der Waals surface area contributed by atoms with Crippen molar-refractivity contribution < 1.29 is 14.7 Å². The number of carboxylic acid groups (broad SMARTS) is 1. The van der Waals surface area contributed by atoms with Gasteiger partial charge >= 0.3 is 12.0 Å². The summed E-state index contributed by atoms with van der Waals surface area (Å²) in [6.07, 6.45) is 1.81. The third kappa shape index (κ3) is 4.46. The van der Waals surface area contributed by atoms with Crippen molar-refractivity contribution in [1.29, 1.82) is 0 Å². The van der Waals surface area contributed by atoms with Gasteiger partial charge in [0.15, 0.2) is 0 Å². The number of rotatable bonds is 4. The van der Waals surface area contributed by atoms with E-state index in [1.807, 2.05) is 18.2 Å². The molecule has 1 heterocycles. The van der Waals surface area contributed by atoms with Crippen LogP contribution in [-0.4, -0.2) is 41.6 Å². The van der Waals surface area contributed by atoms with Gasteiger partial charge in [-0.25, -0.2) is 4.79 Å². The lowest BCUT2D eigenvalue weighted by molar-refractivity contribution is -0.136. The van der Waals surface area contributed by atoms with Gasteiger partial charge in [0, 0.05) is 24.1 Å². The molecule has 2 rings (SSSR count). The Balaban J connectivity index is 1.82. The number of carboxylic acids is 1. The van der Waals surface area contributed by atoms with Crippen LogP contribution in [0.3, 0.4) is 0 Å². The second-order valence-electron chi connectivity index (χ2n) is 5.16. The fraction of sp³-hybridized carbons (Fsp3) is 0.467. The Morgan fingerprint density at radius 3 is 2.57 bits per heavy atom. The average molecular weight is 355 g/mol. The molecule has 0 spiro atoms. The van der Waals surface area contributed by atoms with E-state index in [4.69, 9.17) is 5.11 Å². The molecule has 6 heteroatoms. The normalized spacial score (nSPS) is 15.8. The first-order valence-corrected chi connectivity index (χ1v) is 7.86. The first kappa shape index (κ1) is 15.8. The van der Waals surface area contributed by atoms with E-state index < -0.39 is 5.97 Å². The number of carbonyl (C=O) groups is 2. The number of aliphatic carboxylic acids is 1. The maximum absolute atomic E-state index is 11.9. The molecule has 1 saturated heterocycles. The summed E-state index contributed by atoms with van der Waals surface area (Å²) in [5.41, 5.74) is 1.29. The maximum atomic E-state index is 11.9. The van der Waals surface area contributed by atoms with E-state index in [2.05, 4.69) is 27.3 Å². The van der Waals surface area contributed by atoms with Crippen LogP contribution in [0.15, 0.2) is 28.7 Å². The zero-order valence-corrected chi connectivity index (χ0v) is 13.3. The summed E-state index contributed by atoms with van der Waals surface area (Å²) >= 11 is 3.58. The highest BCUT2D eigenvalue weighted by atomic mass is 79.9.